The lowest BCUT2D eigenvalue weighted by molar-refractivity contribution is -0.141. The molecule has 0 unspecified atom stereocenters. The van der Waals surface area contributed by atoms with Gasteiger partial charge in [-0.2, -0.15) is 0 Å². The van der Waals surface area contributed by atoms with Gasteiger partial charge in [-0.1, -0.05) is 54.4 Å². The zero-order valence-corrected chi connectivity index (χ0v) is 18.2. The van der Waals surface area contributed by atoms with Crippen molar-refractivity contribution < 1.29 is 14.3 Å². The van der Waals surface area contributed by atoms with Crippen LogP contribution in [0.15, 0.2) is 48.5 Å². The highest BCUT2D eigenvalue weighted by Crippen LogP contribution is 2.24. The van der Waals surface area contributed by atoms with Crippen molar-refractivity contribution in [1.82, 2.24) is 10.2 Å². The monoisotopic (exact) mass is 436 g/mol. The molecule has 1 N–H and O–H groups in total. The molecule has 0 saturated carbocycles. The third kappa shape index (κ3) is 6.94. The number of carbonyl (C=O) groups is 2. The number of carbonyl (C=O) groups excluding carboxylic acids is 2. The van der Waals surface area contributed by atoms with Crippen molar-refractivity contribution in [1.29, 1.82) is 0 Å². The molecule has 0 aliphatic heterocycles. The van der Waals surface area contributed by atoms with Gasteiger partial charge in [0.15, 0.2) is 0 Å². The van der Waals surface area contributed by atoms with E-state index in [1.165, 1.54) is 0 Å². The maximum Gasteiger partial charge on any atom is 0.242 e. The van der Waals surface area contributed by atoms with E-state index in [1.54, 1.807) is 30.1 Å². The van der Waals surface area contributed by atoms with Crippen molar-refractivity contribution in [2.45, 2.75) is 38.8 Å². The Balaban J connectivity index is 2.06. The molecule has 0 spiro atoms. The van der Waals surface area contributed by atoms with Gasteiger partial charge in [0.25, 0.3) is 0 Å². The Bertz CT molecular complexity index is 815. The normalized spacial score (nSPS) is 11.6. The Morgan fingerprint density at radius 2 is 1.86 bits per heavy atom. The van der Waals surface area contributed by atoms with E-state index < -0.39 is 6.04 Å². The molecular weight excluding hydrogens is 411 g/mol. The number of nitrogens with zero attached hydrogens (tertiary/aromatic N) is 1. The average molecular weight is 437 g/mol. The van der Waals surface area contributed by atoms with E-state index in [0.29, 0.717) is 29.5 Å². The molecule has 1 atom stereocenters. The fraction of sp³-hybridized carbons (Fsp3) is 0.364. The van der Waals surface area contributed by atoms with E-state index in [2.05, 4.69) is 5.32 Å². The number of likely N-dealkylation sites (N-methyl/N-ethyl adjacent to an activating group) is 1. The van der Waals surface area contributed by atoms with Gasteiger partial charge in [0.05, 0.1) is 6.61 Å². The number of para-hydroxylation sites is 1. The lowest BCUT2D eigenvalue weighted by Crippen LogP contribution is -2.48. The van der Waals surface area contributed by atoms with Crippen molar-refractivity contribution >= 4 is 35.0 Å². The molecule has 0 saturated heterocycles. The van der Waals surface area contributed by atoms with E-state index in [4.69, 9.17) is 27.9 Å². The summed E-state index contributed by atoms with van der Waals surface area (Å²) in [5, 5.41) is 3.63. The Kier molecular flexibility index (Phi) is 9.29. The predicted molar refractivity (Wildman–Crippen MR) is 116 cm³/mol. The van der Waals surface area contributed by atoms with Crippen LogP contribution in [0, 0.1) is 0 Å². The van der Waals surface area contributed by atoms with Crippen molar-refractivity contribution in [3.63, 3.8) is 0 Å². The highest BCUT2D eigenvalue weighted by molar-refractivity contribution is 6.35. The Hall–Kier alpha value is -2.24. The number of hydrogen-bond acceptors (Lipinski definition) is 3. The van der Waals surface area contributed by atoms with Crippen LogP contribution in [0.25, 0.3) is 0 Å². The second-order valence-corrected chi connectivity index (χ2v) is 7.40. The van der Waals surface area contributed by atoms with Crippen LogP contribution < -0.4 is 10.1 Å². The fourth-order valence-electron chi connectivity index (χ4n) is 2.99. The summed E-state index contributed by atoms with van der Waals surface area (Å²) in [5.41, 5.74) is 0.743. The van der Waals surface area contributed by atoms with Crippen molar-refractivity contribution in [2.75, 3.05) is 13.7 Å². The molecule has 0 heterocycles. The SMILES string of the molecule is CC[C@H](C(=O)NC)N(Cc1ccc(Cl)cc1Cl)C(=O)CCCOc1ccccc1. The molecule has 29 heavy (non-hydrogen) atoms. The number of amides is 2. The topological polar surface area (TPSA) is 58.6 Å². The third-order valence-electron chi connectivity index (χ3n) is 4.54. The summed E-state index contributed by atoms with van der Waals surface area (Å²) in [6.45, 7) is 2.53. The lowest BCUT2D eigenvalue weighted by Gasteiger charge is -2.30. The quantitative estimate of drug-likeness (QED) is 0.548. The second kappa shape index (κ2) is 11.7. The van der Waals surface area contributed by atoms with Crippen LogP contribution in [0.2, 0.25) is 10.0 Å². The zero-order valence-electron chi connectivity index (χ0n) is 16.7. The maximum absolute atomic E-state index is 13.0. The van der Waals surface area contributed by atoms with Crippen LogP contribution in [-0.4, -0.2) is 36.4 Å². The molecule has 0 aromatic heterocycles. The molecule has 0 radical (unpaired) electrons. The van der Waals surface area contributed by atoms with Crippen LogP contribution in [0.5, 0.6) is 5.75 Å². The van der Waals surface area contributed by atoms with Gasteiger partial charge in [-0.25, -0.2) is 0 Å². The number of rotatable bonds is 10. The van der Waals surface area contributed by atoms with Crippen molar-refractivity contribution in [3.8, 4) is 5.75 Å². The first-order valence-electron chi connectivity index (χ1n) is 9.59. The van der Waals surface area contributed by atoms with Crippen molar-refractivity contribution in [2.24, 2.45) is 0 Å². The van der Waals surface area contributed by atoms with E-state index in [1.807, 2.05) is 37.3 Å². The summed E-state index contributed by atoms with van der Waals surface area (Å²) in [4.78, 5) is 26.9. The first-order valence-corrected chi connectivity index (χ1v) is 10.3. The minimum Gasteiger partial charge on any atom is -0.494 e. The van der Waals surface area contributed by atoms with Crippen LogP contribution in [0.4, 0.5) is 0 Å². The maximum atomic E-state index is 13.0. The molecule has 2 rings (SSSR count). The van der Waals surface area contributed by atoms with Gasteiger partial charge in [-0.15, -0.1) is 0 Å². The number of halogens is 2. The van der Waals surface area contributed by atoms with E-state index in [0.717, 1.165) is 11.3 Å². The second-order valence-electron chi connectivity index (χ2n) is 6.56. The van der Waals surface area contributed by atoms with Gasteiger partial charge in [0.1, 0.15) is 11.8 Å². The summed E-state index contributed by atoms with van der Waals surface area (Å²) in [6, 6.07) is 14.0. The van der Waals surface area contributed by atoms with Gasteiger partial charge < -0.3 is 15.0 Å². The van der Waals surface area contributed by atoms with Gasteiger partial charge in [0.2, 0.25) is 11.8 Å². The minimum atomic E-state index is -0.575. The van der Waals surface area contributed by atoms with Crippen LogP contribution in [0.3, 0.4) is 0 Å². The van der Waals surface area contributed by atoms with Gasteiger partial charge in [0, 0.05) is 30.1 Å². The summed E-state index contributed by atoms with van der Waals surface area (Å²) in [7, 11) is 1.57. The van der Waals surface area contributed by atoms with Gasteiger partial charge in [-0.05, 0) is 42.7 Å². The lowest BCUT2D eigenvalue weighted by atomic mass is 10.1. The molecular formula is C22H26Cl2N2O3. The van der Waals surface area contributed by atoms with Crippen LogP contribution in [0.1, 0.15) is 31.7 Å². The summed E-state index contributed by atoms with van der Waals surface area (Å²) < 4.78 is 5.66. The Labute approximate surface area is 181 Å². The molecule has 0 bridgehead atoms. The minimum absolute atomic E-state index is 0.122. The smallest absolute Gasteiger partial charge is 0.242 e. The predicted octanol–water partition coefficient (Wildman–Crippen LogP) is 4.71. The molecule has 2 aromatic rings. The van der Waals surface area contributed by atoms with Crippen LogP contribution >= 0.6 is 23.2 Å². The molecule has 156 valence electrons. The zero-order chi connectivity index (χ0) is 21.2. The summed E-state index contributed by atoms with van der Waals surface area (Å²) >= 11 is 12.3. The first kappa shape index (κ1) is 23.0. The first-order chi connectivity index (χ1) is 14.0. The molecule has 0 fully saturated rings. The molecule has 7 heteroatoms. The third-order valence-corrected chi connectivity index (χ3v) is 5.12. The Morgan fingerprint density at radius 3 is 2.48 bits per heavy atom. The average Bonchev–Trinajstić information content (AvgIpc) is 2.72. The van der Waals surface area contributed by atoms with Crippen LogP contribution in [-0.2, 0) is 16.1 Å². The molecule has 0 aliphatic rings. The number of nitrogens with one attached hydrogen (secondary N) is 1. The van der Waals surface area contributed by atoms with E-state index in [9.17, 15) is 9.59 Å². The van der Waals surface area contributed by atoms with Gasteiger partial charge >= 0.3 is 0 Å². The summed E-state index contributed by atoms with van der Waals surface area (Å²) in [5.74, 6) is 0.441. The highest BCUT2D eigenvalue weighted by atomic mass is 35.5. The van der Waals surface area contributed by atoms with E-state index >= 15 is 0 Å². The molecule has 2 amide bonds. The Morgan fingerprint density at radius 1 is 1.14 bits per heavy atom. The summed E-state index contributed by atoms with van der Waals surface area (Å²) in [6.07, 6.45) is 1.31. The number of hydrogen-bond donors (Lipinski definition) is 1. The number of ether oxygens (including phenoxy) is 1. The standard InChI is InChI=1S/C22H26Cl2N2O3/c1-3-20(22(28)25-2)26(15-16-11-12-17(23)14-19(16)24)21(27)10-7-13-29-18-8-5-4-6-9-18/h4-6,8-9,11-12,14,20H,3,7,10,13,15H2,1-2H3,(H,25,28)/t20-/m1/s1. The molecule has 5 nitrogen and oxygen atoms in total. The van der Waals surface area contributed by atoms with E-state index in [-0.39, 0.29) is 24.8 Å². The molecule has 2 aromatic carbocycles. The number of benzene rings is 2. The highest BCUT2D eigenvalue weighted by Gasteiger charge is 2.28. The fourth-order valence-corrected chi connectivity index (χ4v) is 3.46. The van der Waals surface area contributed by atoms with Crippen molar-refractivity contribution in [3.05, 3.63) is 64.1 Å². The largest absolute Gasteiger partial charge is 0.494 e. The molecule has 0 aliphatic carbocycles. The van der Waals surface area contributed by atoms with Gasteiger partial charge in [-0.3, -0.25) is 9.59 Å².